The number of thiophene rings is 1. The summed E-state index contributed by atoms with van der Waals surface area (Å²) < 4.78 is 23.3. The summed E-state index contributed by atoms with van der Waals surface area (Å²) >= 11 is 1.47. The molecule has 0 saturated heterocycles. The summed E-state index contributed by atoms with van der Waals surface area (Å²) in [6.45, 7) is 5.96. The molecule has 1 aromatic carbocycles. The van der Waals surface area contributed by atoms with Crippen LogP contribution in [0.4, 0.5) is 5.69 Å². The maximum Gasteiger partial charge on any atom is 0.265 e. The largest absolute Gasteiger partial charge is 0.321 e. The van der Waals surface area contributed by atoms with E-state index in [1.165, 1.54) is 23.0 Å². The standard InChI is InChI=1S/C17H21NO3S2/c1-5-6-13-9-16(22-12(13)3)17(19)18-15-10-14(23(4,20)21)8-7-11(15)2/h7-10H,5-6H2,1-4H3,(H,18,19). The molecule has 0 aliphatic rings. The van der Waals surface area contributed by atoms with Gasteiger partial charge in [0.15, 0.2) is 9.84 Å². The molecular formula is C17H21NO3S2. The molecule has 0 aliphatic heterocycles. The van der Waals surface area contributed by atoms with Crippen molar-refractivity contribution in [1.29, 1.82) is 0 Å². The maximum absolute atomic E-state index is 12.4. The van der Waals surface area contributed by atoms with E-state index in [9.17, 15) is 13.2 Å². The molecule has 0 fully saturated rings. The molecule has 2 rings (SSSR count). The number of carbonyl (C=O) groups is 1. The molecule has 0 aliphatic carbocycles. The molecule has 0 radical (unpaired) electrons. The van der Waals surface area contributed by atoms with E-state index in [1.54, 1.807) is 12.1 Å². The molecule has 0 unspecified atom stereocenters. The lowest BCUT2D eigenvalue weighted by molar-refractivity contribution is 0.103. The summed E-state index contributed by atoms with van der Waals surface area (Å²) in [5, 5.41) is 2.83. The molecule has 1 amide bonds. The van der Waals surface area contributed by atoms with E-state index in [0.29, 0.717) is 10.6 Å². The van der Waals surface area contributed by atoms with Crippen LogP contribution in [0.15, 0.2) is 29.2 Å². The Morgan fingerprint density at radius 3 is 2.52 bits per heavy atom. The number of rotatable bonds is 5. The third kappa shape index (κ3) is 4.20. The lowest BCUT2D eigenvalue weighted by atomic mass is 10.1. The van der Waals surface area contributed by atoms with Crippen LogP contribution in [0.5, 0.6) is 0 Å². The number of carbonyl (C=O) groups excluding carboxylic acids is 1. The highest BCUT2D eigenvalue weighted by Crippen LogP contribution is 2.25. The molecular weight excluding hydrogens is 330 g/mol. The van der Waals surface area contributed by atoms with Crippen LogP contribution < -0.4 is 5.32 Å². The fourth-order valence-corrected chi connectivity index (χ4v) is 3.91. The van der Waals surface area contributed by atoms with E-state index in [2.05, 4.69) is 12.2 Å². The lowest BCUT2D eigenvalue weighted by Crippen LogP contribution is -2.12. The lowest BCUT2D eigenvalue weighted by Gasteiger charge is -2.09. The molecule has 2 aromatic rings. The van der Waals surface area contributed by atoms with Crippen molar-refractivity contribution in [1.82, 2.24) is 0 Å². The van der Waals surface area contributed by atoms with Gasteiger partial charge in [0, 0.05) is 16.8 Å². The van der Waals surface area contributed by atoms with Gasteiger partial charge in [0.05, 0.1) is 9.77 Å². The van der Waals surface area contributed by atoms with Crippen LogP contribution in [-0.2, 0) is 16.3 Å². The highest BCUT2D eigenvalue weighted by molar-refractivity contribution is 7.90. The number of nitrogens with one attached hydrogen (secondary N) is 1. The molecule has 124 valence electrons. The zero-order valence-electron chi connectivity index (χ0n) is 13.8. The fraction of sp³-hybridized carbons (Fsp3) is 0.353. The molecule has 6 heteroatoms. The molecule has 1 aromatic heterocycles. The quantitative estimate of drug-likeness (QED) is 0.886. The number of hydrogen-bond acceptors (Lipinski definition) is 4. The zero-order chi connectivity index (χ0) is 17.2. The summed E-state index contributed by atoms with van der Waals surface area (Å²) in [4.78, 5) is 14.4. The van der Waals surface area contributed by atoms with Crippen molar-refractivity contribution in [2.75, 3.05) is 11.6 Å². The Morgan fingerprint density at radius 2 is 1.91 bits per heavy atom. The van der Waals surface area contributed by atoms with Crippen molar-refractivity contribution in [2.45, 2.75) is 38.5 Å². The van der Waals surface area contributed by atoms with Crippen LogP contribution in [0.2, 0.25) is 0 Å². The van der Waals surface area contributed by atoms with E-state index >= 15 is 0 Å². The molecule has 0 atom stereocenters. The Bertz CT molecular complexity index is 836. The molecule has 4 nitrogen and oxygen atoms in total. The molecule has 0 spiro atoms. The predicted octanol–water partition coefficient (Wildman–Crippen LogP) is 3.97. The van der Waals surface area contributed by atoms with Gasteiger partial charge in [0.25, 0.3) is 5.91 Å². The van der Waals surface area contributed by atoms with Crippen LogP contribution in [0.25, 0.3) is 0 Å². The van der Waals surface area contributed by atoms with Gasteiger partial charge in [-0.3, -0.25) is 4.79 Å². The first kappa shape index (κ1) is 17.7. The maximum atomic E-state index is 12.4. The second kappa shape index (κ2) is 6.84. The number of benzene rings is 1. The topological polar surface area (TPSA) is 63.2 Å². The van der Waals surface area contributed by atoms with Crippen molar-refractivity contribution in [2.24, 2.45) is 0 Å². The van der Waals surface area contributed by atoms with Gasteiger partial charge in [-0.15, -0.1) is 11.3 Å². The molecule has 0 saturated carbocycles. The van der Waals surface area contributed by atoms with E-state index in [4.69, 9.17) is 0 Å². The van der Waals surface area contributed by atoms with Gasteiger partial charge in [0.2, 0.25) is 0 Å². The number of anilines is 1. The monoisotopic (exact) mass is 351 g/mol. The SMILES string of the molecule is CCCc1cc(C(=O)Nc2cc(S(C)(=O)=O)ccc2C)sc1C. The van der Waals surface area contributed by atoms with E-state index in [-0.39, 0.29) is 10.8 Å². The highest BCUT2D eigenvalue weighted by atomic mass is 32.2. The Balaban J connectivity index is 2.28. The van der Waals surface area contributed by atoms with Crippen molar-refractivity contribution in [3.8, 4) is 0 Å². The number of amides is 1. The Morgan fingerprint density at radius 1 is 1.22 bits per heavy atom. The first-order valence-electron chi connectivity index (χ1n) is 7.43. The first-order chi connectivity index (χ1) is 10.7. The van der Waals surface area contributed by atoms with E-state index in [1.807, 2.05) is 19.9 Å². The van der Waals surface area contributed by atoms with Gasteiger partial charge >= 0.3 is 0 Å². The Kier molecular flexibility index (Phi) is 5.26. The minimum Gasteiger partial charge on any atom is -0.321 e. The van der Waals surface area contributed by atoms with Gasteiger partial charge in [-0.1, -0.05) is 19.4 Å². The highest BCUT2D eigenvalue weighted by Gasteiger charge is 2.15. The van der Waals surface area contributed by atoms with Crippen molar-refractivity contribution in [3.05, 3.63) is 45.1 Å². The first-order valence-corrected chi connectivity index (χ1v) is 10.1. The van der Waals surface area contributed by atoms with Gasteiger partial charge < -0.3 is 5.32 Å². The third-order valence-corrected chi connectivity index (χ3v) is 5.85. The van der Waals surface area contributed by atoms with Gasteiger partial charge in [-0.2, -0.15) is 0 Å². The van der Waals surface area contributed by atoms with Crippen LogP contribution in [0, 0.1) is 13.8 Å². The van der Waals surface area contributed by atoms with Crippen LogP contribution in [0.1, 0.15) is 39.0 Å². The summed E-state index contributed by atoms with van der Waals surface area (Å²) in [5.41, 5.74) is 2.55. The van der Waals surface area contributed by atoms with Gasteiger partial charge in [-0.05, 0) is 49.6 Å². The smallest absolute Gasteiger partial charge is 0.265 e. The minimum absolute atomic E-state index is 0.200. The van der Waals surface area contributed by atoms with Crippen LogP contribution in [0.3, 0.4) is 0 Å². The van der Waals surface area contributed by atoms with Crippen molar-refractivity contribution < 1.29 is 13.2 Å². The predicted molar refractivity (Wildman–Crippen MR) is 95.3 cm³/mol. The van der Waals surface area contributed by atoms with Crippen LogP contribution in [-0.4, -0.2) is 20.6 Å². The Labute approximate surface area is 141 Å². The second-order valence-corrected chi connectivity index (χ2v) is 8.92. The molecule has 23 heavy (non-hydrogen) atoms. The van der Waals surface area contributed by atoms with Crippen molar-refractivity contribution >= 4 is 32.8 Å². The molecule has 1 heterocycles. The van der Waals surface area contributed by atoms with Gasteiger partial charge in [-0.25, -0.2) is 8.42 Å². The zero-order valence-corrected chi connectivity index (χ0v) is 15.4. The summed E-state index contributed by atoms with van der Waals surface area (Å²) in [7, 11) is -3.30. The Hall–Kier alpha value is -1.66. The summed E-state index contributed by atoms with van der Waals surface area (Å²) in [6.07, 6.45) is 3.15. The number of aryl methyl sites for hydroxylation is 3. The number of hydrogen-bond donors (Lipinski definition) is 1. The summed E-state index contributed by atoms with van der Waals surface area (Å²) in [5.74, 6) is -0.200. The number of sulfone groups is 1. The van der Waals surface area contributed by atoms with Crippen molar-refractivity contribution in [3.63, 3.8) is 0 Å². The average molecular weight is 351 g/mol. The van der Waals surface area contributed by atoms with Crippen LogP contribution >= 0.6 is 11.3 Å². The van der Waals surface area contributed by atoms with E-state index < -0.39 is 9.84 Å². The molecule has 0 bridgehead atoms. The third-order valence-electron chi connectivity index (χ3n) is 3.65. The molecule has 1 N–H and O–H groups in total. The second-order valence-electron chi connectivity index (χ2n) is 5.65. The normalized spacial score (nSPS) is 11.5. The minimum atomic E-state index is -3.30. The summed E-state index contributed by atoms with van der Waals surface area (Å²) in [6, 6.07) is 6.69. The average Bonchev–Trinajstić information content (AvgIpc) is 2.82. The fourth-order valence-electron chi connectivity index (χ4n) is 2.30. The van der Waals surface area contributed by atoms with Gasteiger partial charge in [0.1, 0.15) is 0 Å². The van der Waals surface area contributed by atoms with E-state index in [0.717, 1.165) is 29.5 Å².